The molecule has 0 heterocycles. The molecule has 0 aromatic heterocycles. The molecule has 0 fully saturated rings. The van der Waals surface area contributed by atoms with Gasteiger partial charge in [-0.3, -0.25) is 0 Å². The van der Waals surface area contributed by atoms with Crippen molar-refractivity contribution in [2.45, 2.75) is 32.2 Å². The van der Waals surface area contributed by atoms with Crippen LogP contribution < -0.4 is 10.1 Å². The van der Waals surface area contributed by atoms with Gasteiger partial charge in [-0.05, 0) is 34.5 Å². The van der Waals surface area contributed by atoms with Crippen LogP contribution in [0.15, 0.2) is 22.7 Å². The summed E-state index contributed by atoms with van der Waals surface area (Å²) in [4.78, 5) is 11.2. The van der Waals surface area contributed by atoms with E-state index in [-0.39, 0.29) is 0 Å². The highest BCUT2D eigenvalue weighted by molar-refractivity contribution is 9.10. The Labute approximate surface area is 115 Å². The molecule has 1 aromatic rings. The van der Waals surface area contributed by atoms with E-state index < -0.39 is 12.0 Å². The van der Waals surface area contributed by atoms with Crippen molar-refractivity contribution in [2.75, 3.05) is 12.4 Å². The Balaban J connectivity index is 2.82. The number of hydrogen-bond acceptors (Lipinski definition) is 3. The second kappa shape index (κ2) is 7.26. The smallest absolute Gasteiger partial charge is 0.326 e. The largest absolute Gasteiger partial charge is 0.497 e. The van der Waals surface area contributed by atoms with Gasteiger partial charge in [-0.25, -0.2) is 4.79 Å². The number of benzene rings is 1. The number of carboxylic acids is 1. The van der Waals surface area contributed by atoms with Gasteiger partial charge in [0.2, 0.25) is 0 Å². The first-order valence-corrected chi connectivity index (χ1v) is 6.70. The van der Waals surface area contributed by atoms with Gasteiger partial charge < -0.3 is 15.2 Å². The first-order chi connectivity index (χ1) is 8.58. The van der Waals surface area contributed by atoms with E-state index in [0.29, 0.717) is 12.2 Å². The van der Waals surface area contributed by atoms with Crippen LogP contribution in [0.25, 0.3) is 0 Å². The lowest BCUT2D eigenvalue weighted by molar-refractivity contribution is -0.138. The van der Waals surface area contributed by atoms with Gasteiger partial charge in [-0.2, -0.15) is 0 Å². The lowest BCUT2D eigenvalue weighted by atomic mass is 10.1. The summed E-state index contributed by atoms with van der Waals surface area (Å²) in [5.41, 5.74) is 0.734. The molecule has 18 heavy (non-hydrogen) atoms. The molecule has 0 radical (unpaired) electrons. The molecule has 0 aliphatic carbocycles. The molecule has 0 amide bonds. The lowest BCUT2D eigenvalue weighted by Gasteiger charge is -2.17. The molecule has 100 valence electrons. The zero-order valence-electron chi connectivity index (χ0n) is 10.6. The summed E-state index contributed by atoms with van der Waals surface area (Å²) in [6.07, 6.45) is 2.46. The summed E-state index contributed by atoms with van der Waals surface area (Å²) in [5.74, 6) is -0.140. The van der Waals surface area contributed by atoms with E-state index in [2.05, 4.69) is 21.2 Å². The van der Waals surface area contributed by atoms with Gasteiger partial charge in [0.1, 0.15) is 11.8 Å². The van der Waals surface area contributed by atoms with Gasteiger partial charge in [0.05, 0.1) is 12.8 Å². The van der Waals surface area contributed by atoms with E-state index in [1.54, 1.807) is 13.2 Å². The predicted octanol–water partition coefficient (Wildman–Crippen LogP) is 3.51. The molecule has 0 saturated carbocycles. The minimum absolute atomic E-state index is 0.576. The molecule has 1 aromatic carbocycles. The first kappa shape index (κ1) is 14.8. The normalized spacial score (nSPS) is 11.9. The van der Waals surface area contributed by atoms with Gasteiger partial charge in [-0.15, -0.1) is 0 Å². The molecule has 1 atom stereocenters. The highest BCUT2D eigenvalue weighted by atomic mass is 79.9. The molecule has 4 nitrogen and oxygen atoms in total. The Kier molecular flexibility index (Phi) is 5.98. The second-order valence-corrected chi connectivity index (χ2v) is 4.88. The third kappa shape index (κ3) is 4.22. The zero-order valence-corrected chi connectivity index (χ0v) is 12.2. The number of ether oxygens (including phenoxy) is 1. The van der Waals surface area contributed by atoms with Gasteiger partial charge in [0.25, 0.3) is 0 Å². The summed E-state index contributed by atoms with van der Waals surface area (Å²) in [7, 11) is 1.58. The number of methoxy groups -OCH3 is 1. The average molecular weight is 316 g/mol. The van der Waals surface area contributed by atoms with Crippen LogP contribution in [0.1, 0.15) is 26.2 Å². The minimum Gasteiger partial charge on any atom is -0.497 e. The number of carboxylic acid groups (broad SMARTS) is 1. The van der Waals surface area contributed by atoms with Crippen LogP contribution in [-0.2, 0) is 4.79 Å². The topological polar surface area (TPSA) is 58.6 Å². The quantitative estimate of drug-likeness (QED) is 0.808. The highest BCUT2D eigenvalue weighted by Gasteiger charge is 2.17. The highest BCUT2D eigenvalue weighted by Crippen LogP contribution is 2.28. The first-order valence-electron chi connectivity index (χ1n) is 5.91. The number of nitrogens with one attached hydrogen (secondary N) is 1. The van der Waals surface area contributed by atoms with Gasteiger partial charge in [0, 0.05) is 10.5 Å². The number of hydrogen-bond donors (Lipinski definition) is 2. The van der Waals surface area contributed by atoms with Crippen LogP contribution in [0, 0.1) is 0 Å². The lowest BCUT2D eigenvalue weighted by Crippen LogP contribution is -2.29. The van der Waals surface area contributed by atoms with Crippen LogP contribution in [0.3, 0.4) is 0 Å². The van der Waals surface area contributed by atoms with Crippen LogP contribution >= 0.6 is 15.9 Å². The third-order valence-corrected chi connectivity index (χ3v) is 3.34. The summed E-state index contributed by atoms with van der Waals surface area (Å²) in [6.45, 7) is 2.04. The SMILES string of the molecule is CCCCC(Nc1cc(OC)ccc1Br)C(=O)O. The zero-order chi connectivity index (χ0) is 13.5. The molecule has 0 bridgehead atoms. The fourth-order valence-corrected chi connectivity index (χ4v) is 1.96. The monoisotopic (exact) mass is 315 g/mol. The number of rotatable bonds is 7. The molecule has 2 N–H and O–H groups in total. The van der Waals surface area contributed by atoms with Gasteiger partial charge >= 0.3 is 5.97 Å². The Morgan fingerprint density at radius 1 is 1.56 bits per heavy atom. The molecular formula is C13H18BrNO3. The molecule has 0 saturated heterocycles. The molecule has 1 unspecified atom stereocenters. The van der Waals surface area contributed by atoms with Gasteiger partial charge in [0.15, 0.2) is 0 Å². The van der Waals surface area contributed by atoms with Crippen molar-refractivity contribution in [1.29, 1.82) is 0 Å². The summed E-state index contributed by atoms with van der Waals surface area (Å²) in [6, 6.07) is 4.86. The number of unbranched alkanes of at least 4 members (excludes halogenated alkanes) is 1. The fourth-order valence-electron chi connectivity index (χ4n) is 1.60. The maximum atomic E-state index is 11.2. The van der Waals surface area contributed by atoms with E-state index in [4.69, 9.17) is 9.84 Å². The van der Waals surface area contributed by atoms with E-state index in [0.717, 1.165) is 23.0 Å². The number of halogens is 1. The minimum atomic E-state index is -0.835. The number of anilines is 1. The Morgan fingerprint density at radius 3 is 2.83 bits per heavy atom. The third-order valence-electron chi connectivity index (χ3n) is 2.65. The fraction of sp³-hybridized carbons (Fsp3) is 0.462. The van der Waals surface area contributed by atoms with E-state index in [1.807, 2.05) is 19.1 Å². The maximum Gasteiger partial charge on any atom is 0.326 e. The number of aliphatic carboxylic acids is 1. The van der Waals surface area contributed by atoms with Crippen molar-refractivity contribution in [3.63, 3.8) is 0 Å². The van der Waals surface area contributed by atoms with Crippen molar-refractivity contribution >= 4 is 27.6 Å². The summed E-state index contributed by atoms with van der Waals surface area (Å²) < 4.78 is 5.95. The summed E-state index contributed by atoms with van der Waals surface area (Å²) in [5, 5.41) is 12.2. The number of carbonyl (C=O) groups is 1. The van der Waals surface area contributed by atoms with Crippen molar-refractivity contribution in [3.8, 4) is 5.75 Å². The molecule has 0 aliphatic heterocycles. The van der Waals surface area contributed by atoms with E-state index >= 15 is 0 Å². The van der Waals surface area contributed by atoms with Crippen molar-refractivity contribution < 1.29 is 14.6 Å². The predicted molar refractivity (Wildman–Crippen MR) is 75.3 cm³/mol. The van der Waals surface area contributed by atoms with Gasteiger partial charge in [-0.1, -0.05) is 19.8 Å². The van der Waals surface area contributed by atoms with Crippen molar-refractivity contribution in [2.24, 2.45) is 0 Å². The molecule has 1 rings (SSSR count). The van der Waals surface area contributed by atoms with Crippen molar-refractivity contribution in [3.05, 3.63) is 22.7 Å². The van der Waals surface area contributed by atoms with Crippen LogP contribution in [0.4, 0.5) is 5.69 Å². The van der Waals surface area contributed by atoms with Crippen LogP contribution in [-0.4, -0.2) is 24.2 Å². The molecular weight excluding hydrogens is 298 g/mol. The molecule has 0 aliphatic rings. The average Bonchev–Trinajstić information content (AvgIpc) is 2.36. The maximum absolute atomic E-state index is 11.2. The Bertz CT molecular complexity index is 409. The Morgan fingerprint density at radius 2 is 2.28 bits per heavy atom. The standard InChI is InChI=1S/C13H18BrNO3/c1-3-4-5-11(13(16)17)15-12-8-9(18-2)6-7-10(12)14/h6-8,11,15H,3-5H2,1-2H3,(H,16,17). The van der Waals surface area contributed by atoms with E-state index in [1.165, 1.54) is 0 Å². The van der Waals surface area contributed by atoms with Crippen LogP contribution in [0.2, 0.25) is 0 Å². The molecule has 5 heteroatoms. The van der Waals surface area contributed by atoms with E-state index in [9.17, 15) is 4.79 Å². The van der Waals surface area contributed by atoms with Crippen LogP contribution in [0.5, 0.6) is 5.75 Å². The second-order valence-electron chi connectivity index (χ2n) is 4.02. The summed E-state index contributed by atoms with van der Waals surface area (Å²) >= 11 is 3.39. The Hall–Kier alpha value is -1.23. The van der Waals surface area contributed by atoms with Crippen molar-refractivity contribution in [1.82, 2.24) is 0 Å². The molecule has 0 spiro atoms.